The number of nitrogens with zero attached hydrogens (tertiary/aromatic N) is 3. The molecule has 17 heavy (non-hydrogen) atoms. The first-order valence-corrected chi connectivity index (χ1v) is 6.01. The molecule has 90 valence electrons. The maximum absolute atomic E-state index is 5.60. The van der Waals surface area contributed by atoms with Crippen LogP contribution in [0.1, 0.15) is 17.3 Å². The molecule has 1 unspecified atom stereocenters. The Balaban J connectivity index is 2.19. The van der Waals surface area contributed by atoms with Crippen LogP contribution in [0.3, 0.4) is 0 Å². The van der Waals surface area contributed by atoms with Crippen LogP contribution in [0.4, 0.5) is 0 Å². The highest BCUT2D eigenvalue weighted by molar-refractivity contribution is 9.10. The van der Waals surface area contributed by atoms with E-state index >= 15 is 0 Å². The van der Waals surface area contributed by atoms with E-state index in [4.69, 9.17) is 5.84 Å². The third-order valence-electron chi connectivity index (χ3n) is 2.61. The van der Waals surface area contributed by atoms with E-state index in [1.165, 1.54) is 0 Å². The van der Waals surface area contributed by atoms with E-state index in [2.05, 4.69) is 31.3 Å². The fraction of sp³-hybridized carbons (Fsp3) is 0.273. The van der Waals surface area contributed by atoms with Gasteiger partial charge in [-0.15, -0.1) is 0 Å². The highest BCUT2D eigenvalue weighted by Gasteiger charge is 2.14. The number of pyridine rings is 1. The van der Waals surface area contributed by atoms with Crippen LogP contribution in [0.25, 0.3) is 0 Å². The van der Waals surface area contributed by atoms with Gasteiger partial charge in [0.05, 0.1) is 18.1 Å². The normalized spacial score (nSPS) is 12.6. The Morgan fingerprint density at radius 1 is 1.41 bits per heavy atom. The Labute approximate surface area is 108 Å². The molecule has 0 aromatic carbocycles. The van der Waals surface area contributed by atoms with Gasteiger partial charge in [-0.1, -0.05) is 0 Å². The number of rotatable bonds is 4. The van der Waals surface area contributed by atoms with E-state index in [0.717, 1.165) is 22.2 Å². The van der Waals surface area contributed by atoms with Gasteiger partial charge in [0.25, 0.3) is 0 Å². The molecule has 2 heterocycles. The predicted molar refractivity (Wildman–Crippen MR) is 68.9 cm³/mol. The summed E-state index contributed by atoms with van der Waals surface area (Å²) in [4.78, 5) is 8.23. The molecule has 0 saturated heterocycles. The predicted octanol–water partition coefficient (Wildman–Crippen LogP) is 1.32. The SMILES string of the molecule is Cn1cncc1C(Cc1cncc(Br)c1)NN. The molecule has 0 aliphatic heterocycles. The van der Waals surface area contributed by atoms with Crippen LogP contribution in [0.5, 0.6) is 0 Å². The molecule has 0 aliphatic rings. The van der Waals surface area contributed by atoms with E-state index in [1.807, 2.05) is 30.1 Å². The van der Waals surface area contributed by atoms with Gasteiger partial charge in [0.1, 0.15) is 0 Å². The van der Waals surface area contributed by atoms with Gasteiger partial charge in [0, 0.05) is 30.1 Å². The standard InChI is InChI=1S/C11H14BrN5/c1-17-7-15-6-11(17)10(16-13)3-8-2-9(12)5-14-4-8/h2,4-7,10,16H,3,13H2,1H3. The maximum atomic E-state index is 5.60. The summed E-state index contributed by atoms with van der Waals surface area (Å²) in [6, 6.07) is 2.06. The molecule has 0 amide bonds. The average molecular weight is 296 g/mol. The smallest absolute Gasteiger partial charge is 0.0946 e. The van der Waals surface area contributed by atoms with Gasteiger partial charge in [-0.05, 0) is 34.0 Å². The Kier molecular flexibility index (Phi) is 3.88. The van der Waals surface area contributed by atoms with E-state index < -0.39 is 0 Å². The number of hydrogen-bond donors (Lipinski definition) is 2. The molecule has 2 rings (SSSR count). The quantitative estimate of drug-likeness (QED) is 0.659. The first kappa shape index (κ1) is 12.2. The summed E-state index contributed by atoms with van der Waals surface area (Å²) in [7, 11) is 1.95. The number of halogens is 1. The van der Waals surface area contributed by atoms with Crippen LogP contribution < -0.4 is 11.3 Å². The van der Waals surface area contributed by atoms with Crippen molar-refractivity contribution in [2.75, 3.05) is 0 Å². The zero-order valence-corrected chi connectivity index (χ0v) is 11.1. The summed E-state index contributed by atoms with van der Waals surface area (Å²) >= 11 is 3.41. The molecule has 0 saturated carbocycles. The number of imidazole rings is 1. The summed E-state index contributed by atoms with van der Waals surface area (Å²) in [5.41, 5.74) is 4.97. The van der Waals surface area contributed by atoms with Crippen LogP contribution >= 0.6 is 15.9 Å². The third kappa shape index (κ3) is 2.91. The number of aryl methyl sites for hydroxylation is 1. The lowest BCUT2D eigenvalue weighted by molar-refractivity contribution is 0.521. The minimum atomic E-state index is 0.0265. The molecule has 3 N–H and O–H groups in total. The zero-order valence-electron chi connectivity index (χ0n) is 9.47. The molecule has 0 spiro atoms. The molecular weight excluding hydrogens is 282 g/mol. The van der Waals surface area contributed by atoms with E-state index in [0.29, 0.717) is 0 Å². The van der Waals surface area contributed by atoms with Gasteiger partial charge in [-0.2, -0.15) is 0 Å². The fourth-order valence-electron chi connectivity index (χ4n) is 1.76. The Hall–Kier alpha value is -1.24. The molecule has 2 aromatic rings. The average Bonchev–Trinajstić information content (AvgIpc) is 2.72. The summed E-state index contributed by atoms with van der Waals surface area (Å²) in [6.07, 6.45) is 7.95. The van der Waals surface area contributed by atoms with Gasteiger partial charge < -0.3 is 4.57 Å². The van der Waals surface area contributed by atoms with Crippen molar-refractivity contribution in [3.05, 3.63) is 46.7 Å². The molecule has 0 aliphatic carbocycles. The van der Waals surface area contributed by atoms with E-state index in [1.54, 1.807) is 12.5 Å². The third-order valence-corrected chi connectivity index (χ3v) is 3.05. The number of nitrogens with one attached hydrogen (secondary N) is 1. The highest BCUT2D eigenvalue weighted by atomic mass is 79.9. The Morgan fingerprint density at radius 3 is 2.82 bits per heavy atom. The number of hydrazine groups is 1. The first-order chi connectivity index (χ1) is 8.20. The van der Waals surface area contributed by atoms with Crippen molar-refractivity contribution in [2.24, 2.45) is 12.9 Å². The molecule has 0 radical (unpaired) electrons. The highest BCUT2D eigenvalue weighted by Crippen LogP contribution is 2.18. The second-order valence-corrected chi connectivity index (χ2v) is 4.78. The Morgan fingerprint density at radius 2 is 2.24 bits per heavy atom. The van der Waals surface area contributed by atoms with Gasteiger partial charge in [-0.25, -0.2) is 4.98 Å². The lowest BCUT2D eigenvalue weighted by atomic mass is 10.1. The second-order valence-electron chi connectivity index (χ2n) is 3.86. The van der Waals surface area contributed by atoms with Crippen molar-refractivity contribution >= 4 is 15.9 Å². The molecule has 0 fully saturated rings. The number of nitrogens with two attached hydrogens (primary N) is 1. The fourth-order valence-corrected chi connectivity index (χ4v) is 2.17. The zero-order chi connectivity index (χ0) is 12.3. The summed E-state index contributed by atoms with van der Waals surface area (Å²) in [5, 5.41) is 0. The van der Waals surface area contributed by atoms with Crippen LogP contribution in [-0.2, 0) is 13.5 Å². The maximum Gasteiger partial charge on any atom is 0.0946 e. The van der Waals surface area contributed by atoms with Crippen molar-refractivity contribution in [1.29, 1.82) is 0 Å². The lowest BCUT2D eigenvalue weighted by Crippen LogP contribution is -2.30. The second kappa shape index (κ2) is 5.39. The topological polar surface area (TPSA) is 68.8 Å². The van der Waals surface area contributed by atoms with Gasteiger partial charge in [0.2, 0.25) is 0 Å². The van der Waals surface area contributed by atoms with Gasteiger partial charge >= 0.3 is 0 Å². The number of aromatic nitrogens is 3. The van der Waals surface area contributed by atoms with Crippen LogP contribution in [0.2, 0.25) is 0 Å². The largest absolute Gasteiger partial charge is 0.336 e. The van der Waals surface area contributed by atoms with Crippen molar-refractivity contribution in [2.45, 2.75) is 12.5 Å². The van der Waals surface area contributed by atoms with Crippen LogP contribution in [0, 0.1) is 0 Å². The van der Waals surface area contributed by atoms with Crippen molar-refractivity contribution < 1.29 is 0 Å². The first-order valence-electron chi connectivity index (χ1n) is 5.22. The molecule has 6 heteroatoms. The van der Waals surface area contributed by atoms with Crippen molar-refractivity contribution in [1.82, 2.24) is 20.0 Å². The monoisotopic (exact) mass is 295 g/mol. The van der Waals surface area contributed by atoms with Gasteiger partial charge in [-0.3, -0.25) is 16.3 Å². The van der Waals surface area contributed by atoms with E-state index in [-0.39, 0.29) is 6.04 Å². The Bertz CT molecular complexity index is 496. The van der Waals surface area contributed by atoms with Crippen LogP contribution in [-0.4, -0.2) is 14.5 Å². The summed E-state index contributed by atoms with van der Waals surface area (Å²) in [6.45, 7) is 0. The summed E-state index contributed by atoms with van der Waals surface area (Å²) < 4.78 is 2.92. The van der Waals surface area contributed by atoms with Gasteiger partial charge in [0.15, 0.2) is 0 Å². The minimum Gasteiger partial charge on any atom is -0.336 e. The molecule has 5 nitrogen and oxygen atoms in total. The van der Waals surface area contributed by atoms with Crippen LogP contribution in [0.15, 0.2) is 35.5 Å². The number of hydrogen-bond acceptors (Lipinski definition) is 4. The molecular formula is C11H14BrN5. The summed E-state index contributed by atoms with van der Waals surface area (Å²) in [5.74, 6) is 5.60. The molecule has 1 atom stereocenters. The lowest BCUT2D eigenvalue weighted by Gasteiger charge is -2.16. The minimum absolute atomic E-state index is 0.0265. The molecule has 0 bridgehead atoms. The van der Waals surface area contributed by atoms with E-state index in [9.17, 15) is 0 Å². The van der Waals surface area contributed by atoms with Crippen molar-refractivity contribution in [3.63, 3.8) is 0 Å². The van der Waals surface area contributed by atoms with Crippen molar-refractivity contribution in [3.8, 4) is 0 Å². The molecule has 2 aromatic heterocycles.